The van der Waals surface area contributed by atoms with Gasteiger partial charge in [0.25, 0.3) is 11.5 Å². The van der Waals surface area contributed by atoms with Crippen LogP contribution in [0.25, 0.3) is 0 Å². The van der Waals surface area contributed by atoms with E-state index in [1.54, 1.807) is 16.7 Å². The van der Waals surface area contributed by atoms with E-state index >= 15 is 0 Å². The van der Waals surface area contributed by atoms with E-state index in [4.69, 9.17) is 4.74 Å². The summed E-state index contributed by atoms with van der Waals surface area (Å²) in [5, 5.41) is 2.64. The van der Waals surface area contributed by atoms with E-state index in [0.717, 1.165) is 24.0 Å². The Morgan fingerprint density at radius 1 is 1.11 bits per heavy atom. The van der Waals surface area contributed by atoms with E-state index in [0.29, 0.717) is 24.4 Å². The van der Waals surface area contributed by atoms with Crippen molar-refractivity contribution < 1.29 is 17.9 Å². The number of nitrogens with one attached hydrogen (secondary N) is 1. The predicted octanol–water partition coefficient (Wildman–Crippen LogP) is 1.26. The zero-order chi connectivity index (χ0) is 19.5. The molecule has 8 nitrogen and oxygen atoms in total. The van der Waals surface area contributed by atoms with Crippen LogP contribution in [0.15, 0.2) is 40.2 Å². The van der Waals surface area contributed by atoms with Crippen molar-refractivity contribution in [3.05, 3.63) is 51.9 Å². The standard InChI is InChI=1S/C19H19N3O5S/c23-18-11-27-17-4-3-15(8-16(17)20-18)28(25,26)21-6-5-12-7-19(24)22(14-1-2-14)10-13(12)9-21/h3-4,7-8,10,14H,1-2,5-6,9,11H2,(H,20,23). The first-order valence-corrected chi connectivity index (χ1v) is 10.7. The van der Waals surface area contributed by atoms with Gasteiger partial charge >= 0.3 is 0 Å². The third kappa shape index (κ3) is 2.91. The lowest BCUT2D eigenvalue weighted by Gasteiger charge is -2.29. The van der Waals surface area contributed by atoms with Gasteiger partial charge in [-0.3, -0.25) is 9.59 Å². The fourth-order valence-electron chi connectivity index (χ4n) is 3.73. The van der Waals surface area contributed by atoms with Crippen LogP contribution in [0.1, 0.15) is 30.0 Å². The second-order valence-corrected chi connectivity index (χ2v) is 9.32. The quantitative estimate of drug-likeness (QED) is 0.835. The Hall–Kier alpha value is -2.65. The van der Waals surface area contributed by atoms with Gasteiger partial charge in [0.15, 0.2) is 6.61 Å². The largest absolute Gasteiger partial charge is 0.482 e. The average molecular weight is 401 g/mol. The lowest BCUT2D eigenvalue weighted by molar-refractivity contribution is -0.118. The summed E-state index contributed by atoms with van der Waals surface area (Å²) in [4.78, 5) is 23.8. The molecule has 2 aromatic rings. The molecule has 9 heteroatoms. The molecule has 1 saturated carbocycles. The highest BCUT2D eigenvalue weighted by molar-refractivity contribution is 7.89. The number of carbonyl (C=O) groups excluding carboxylic acids is 1. The van der Waals surface area contributed by atoms with Crippen molar-refractivity contribution in [2.45, 2.75) is 36.7 Å². The third-order valence-corrected chi connectivity index (χ3v) is 7.24. The Kier molecular flexibility index (Phi) is 3.85. The molecule has 0 atom stereocenters. The highest BCUT2D eigenvalue weighted by Gasteiger charge is 2.32. The average Bonchev–Trinajstić information content (AvgIpc) is 3.51. The van der Waals surface area contributed by atoms with Crippen LogP contribution >= 0.6 is 0 Å². The minimum Gasteiger partial charge on any atom is -0.482 e. The number of hydrogen-bond acceptors (Lipinski definition) is 5. The van der Waals surface area contributed by atoms with Gasteiger partial charge in [0.05, 0.1) is 10.6 Å². The van der Waals surface area contributed by atoms with Crippen molar-refractivity contribution in [3.8, 4) is 5.75 Å². The summed E-state index contributed by atoms with van der Waals surface area (Å²) in [5.74, 6) is 0.142. The molecular formula is C19H19N3O5S. The van der Waals surface area contributed by atoms with Crippen molar-refractivity contribution in [1.82, 2.24) is 8.87 Å². The van der Waals surface area contributed by atoms with Crippen LogP contribution in [0.2, 0.25) is 0 Å². The molecule has 1 aliphatic carbocycles. The van der Waals surface area contributed by atoms with E-state index in [-0.39, 0.29) is 35.6 Å². The Morgan fingerprint density at radius 2 is 1.93 bits per heavy atom. The maximum atomic E-state index is 13.2. The Bertz CT molecular complexity index is 1150. The third-order valence-electron chi connectivity index (χ3n) is 5.40. The molecule has 0 bridgehead atoms. The lowest BCUT2D eigenvalue weighted by Crippen LogP contribution is -2.37. The zero-order valence-corrected chi connectivity index (χ0v) is 15.9. The van der Waals surface area contributed by atoms with Crippen molar-refractivity contribution >= 4 is 21.6 Å². The molecule has 1 fully saturated rings. The van der Waals surface area contributed by atoms with Crippen LogP contribution in [0.4, 0.5) is 5.69 Å². The number of ether oxygens (including phenoxy) is 1. The number of rotatable bonds is 3. The van der Waals surface area contributed by atoms with Crippen LogP contribution in [0.5, 0.6) is 5.75 Å². The number of anilines is 1. The van der Waals surface area contributed by atoms with Crippen LogP contribution in [-0.2, 0) is 27.8 Å². The number of aromatic nitrogens is 1. The van der Waals surface area contributed by atoms with Crippen molar-refractivity contribution in [2.24, 2.45) is 0 Å². The number of carbonyl (C=O) groups is 1. The lowest BCUT2D eigenvalue weighted by atomic mass is 10.0. The second kappa shape index (κ2) is 6.18. The molecule has 5 rings (SSSR count). The number of benzene rings is 1. The topological polar surface area (TPSA) is 97.7 Å². The molecule has 3 heterocycles. The molecule has 0 radical (unpaired) electrons. The summed E-state index contributed by atoms with van der Waals surface area (Å²) in [6, 6.07) is 6.37. The second-order valence-electron chi connectivity index (χ2n) is 7.38. The maximum absolute atomic E-state index is 13.2. The van der Waals surface area contributed by atoms with Crippen molar-refractivity contribution in [1.29, 1.82) is 0 Å². The van der Waals surface area contributed by atoms with E-state index in [2.05, 4.69) is 5.32 Å². The Balaban J connectivity index is 1.46. The number of fused-ring (bicyclic) bond motifs is 2. The van der Waals surface area contributed by atoms with Gasteiger partial charge in [-0.2, -0.15) is 4.31 Å². The number of amides is 1. The molecule has 3 aliphatic rings. The normalized spacial score (nSPS) is 19.4. The Labute approximate surface area is 161 Å². The van der Waals surface area contributed by atoms with Gasteiger partial charge in [-0.05, 0) is 48.6 Å². The molecule has 0 unspecified atom stereocenters. The molecule has 1 aromatic heterocycles. The summed E-state index contributed by atoms with van der Waals surface area (Å²) in [5.41, 5.74) is 2.13. The number of pyridine rings is 1. The first-order chi connectivity index (χ1) is 13.4. The summed E-state index contributed by atoms with van der Waals surface area (Å²) >= 11 is 0. The van der Waals surface area contributed by atoms with Gasteiger partial charge in [-0.25, -0.2) is 8.42 Å². The molecule has 1 amide bonds. The molecule has 146 valence electrons. The van der Waals surface area contributed by atoms with E-state index < -0.39 is 10.0 Å². The molecule has 28 heavy (non-hydrogen) atoms. The number of hydrogen-bond donors (Lipinski definition) is 1. The van der Waals surface area contributed by atoms with Crippen LogP contribution < -0.4 is 15.6 Å². The monoisotopic (exact) mass is 401 g/mol. The van der Waals surface area contributed by atoms with Crippen molar-refractivity contribution in [2.75, 3.05) is 18.5 Å². The SMILES string of the molecule is O=C1COc2ccc(S(=O)(=O)N3CCc4cc(=O)n(C5CC5)cc4C3)cc2N1. The summed E-state index contributed by atoms with van der Waals surface area (Å²) in [6.45, 7) is 0.456. The molecule has 2 aliphatic heterocycles. The fraction of sp³-hybridized carbons (Fsp3) is 0.368. The zero-order valence-electron chi connectivity index (χ0n) is 15.1. The highest BCUT2D eigenvalue weighted by atomic mass is 32.2. The first kappa shape index (κ1) is 17.4. The van der Waals surface area contributed by atoms with Gasteiger partial charge in [0.1, 0.15) is 5.75 Å². The number of sulfonamides is 1. The molecular weight excluding hydrogens is 382 g/mol. The minimum absolute atomic E-state index is 0.0111. The Morgan fingerprint density at radius 3 is 2.71 bits per heavy atom. The minimum atomic E-state index is -3.74. The summed E-state index contributed by atoms with van der Waals surface area (Å²) in [7, 11) is -3.74. The van der Waals surface area contributed by atoms with Gasteiger partial charge < -0.3 is 14.6 Å². The van der Waals surface area contributed by atoms with E-state index in [9.17, 15) is 18.0 Å². The van der Waals surface area contributed by atoms with Gasteiger partial charge in [0, 0.05) is 31.4 Å². The van der Waals surface area contributed by atoms with E-state index in [1.807, 2.05) is 6.20 Å². The van der Waals surface area contributed by atoms with Crippen LogP contribution in [-0.4, -0.2) is 36.3 Å². The van der Waals surface area contributed by atoms with Gasteiger partial charge in [-0.15, -0.1) is 0 Å². The highest BCUT2D eigenvalue weighted by Crippen LogP contribution is 2.35. The van der Waals surface area contributed by atoms with Crippen molar-refractivity contribution in [3.63, 3.8) is 0 Å². The summed E-state index contributed by atoms with van der Waals surface area (Å²) < 4.78 is 34.8. The summed E-state index contributed by atoms with van der Waals surface area (Å²) in [6.07, 6.45) is 4.30. The van der Waals surface area contributed by atoms with Crippen LogP contribution in [0, 0.1) is 0 Å². The molecule has 0 saturated heterocycles. The fourth-order valence-corrected chi connectivity index (χ4v) is 5.18. The molecule has 0 spiro atoms. The van der Waals surface area contributed by atoms with E-state index in [1.165, 1.54) is 16.4 Å². The van der Waals surface area contributed by atoms with Crippen LogP contribution in [0.3, 0.4) is 0 Å². The first-order valence-electron chi connectivity index (χ1n) is 9.22. The molecule has 1 aromatic carbocycles. The van der Waals surface area contributed by atoms with Gasteiger partial charge in [-0.1, -0.05) is 0 Å². The number of nitrogens with zero attached hydrogens (tertiary/aromatic N) is 2. The smallest absolute Gasteiger partial charge is 0.262 e. The molecule has 1 N–H and O–H groups in total. The maximum Gasteiger partial charge on any atom is 0.262 e. The predicted molar refractivity (Wildman–Crippen MR) is 101 cm³/mol. The van der Waals surface area contributed by atoms with Gasteiger partial charge in [0.2, 0.25) is 10.0 Å².